The largest absolute Gasteiger partial charge is 0.497 e. The lowest BCUT2D eigenvalue weighted by atomic mass is 10.1. The van der Waals surface area contributed by atoms with Gasteiger partial charge in [-0.3, -0.25) is 4.31 Å². The molecule has 1 N–H and O–H groups in total. The van der Waals surface area contributed by atoms with E-state index in [1.165, 1.54) is 23.5 Å². The van der Waals surface area contributed by atoms with Gasteiger partial charge in [0.1, 0.15) is 16.4 Å². The topological polar surface area (TPSA) is 102 Å². The smallest absolute Gasteiger partial charge is 0.244 e. The molecule has 1 fully saturated rings. The molecule has 3 rings (SSSR count). The standard InChI is InChI=1S/C20H26N2O6S2/c1-27-18-7-5-6-16(14-18)10-11-21-30(25,26)20-15-17(8-9-19(20)28-2)22-12-3-4-13-29(22,23)24/h5-9,14-15,21H,3-4,10-13H2,1-2H3. The van der Waals surface area contributed by atoms with Gasteiger partial charge < -0.3 is 9.47 Å². The van der Waals surface area contributed by atoms with E-state index in [0.29, 0.717) is 30.8 Å². The van der Waals surface area contributed by atoms with Crippen molar-refractivity contribution in [2.24, 2.45) is 0 Å². The van der Waals surface area contributed by atoms with E-state index in [1.807, 2.05) is 24.3 Å². The van der Waals surface area contributed by atoms with Crippen LogP contribution in [0.2, 0.25) is 0 Å². The van der Waals surface area contributed by atoms with Crippen LogP contribution in [0.5, 0.6) is 11.5 Å². The zero-order chi connectivity index (χ0) is 21.8. The van der Waals surface area contributed by atoms with Gasteiger partial charge in [-0.15, -0.1) is 0 Å². The van der Waals surface area contributed by atoms with Crippen LogP contribution in [0.25, 0.3) is 0 Å². The number of anilines is 1. The minimum absolute atomic E-state index is 0.0555. The Balaban J connectivity index is 1.81. The fourth-order valence-electron chi connectivity index (χ4n) is 3.34. The summed E-state index contributed by atoms with van der Waals surface area (Å²) < 4.78 is 64.9. The molecule has 2 aromatic rings. The molecule has 1 aliphatic rings. The van der Waals surface area contributed by atoms with E-state index in [0.717, 1.165) is 12.0 Å². The first-order valence-electron chi connectivity index (χ1n) is 9.58. The highest BCUT2D eigenvalue weighted by Gasteiger charge is 2.28. The lowest BCUT2D eigenvalue weighted by Crippen LogP contribution is -2.38. The molecule has 0 atom stereocenters. The third-order valence-corrected chi connectivity index (χ3v) is 8.27. The predicted molar refractivity (Wildman–Crippen MR) is 115 cm³/mol. The molecule has 0 spiro atoms. The van der Waals surface area contributed by atoms with Crippen molar-refractivity contribution in [2.45, 2.75) is 24.2 Å². The Labute approximate surface area is 177 Å². The van der Waals surface area contributed by atoms with Gasteiger partial charge in [-0.1, -0.05) is 12.1 Å². The first-order valence-corrected chi connectivity index (χ1v) is 12.7. The van der Waals surface area contributed by atoms with Gasteiger partial charge in [0.2, 0.25) is 20.0 Å². The lowest BCUT2D eigenvalue weighted by molar-refractivity contribution is 0.402. The van der Waals surface area contributed by atoms with Gasteiger partial charge in [0.05, 0.1) is 25.7 Å². The van der Waals surface area contributed by atoms with Gasteiger partial charge in [0, 0.05) is 13.1 Å². The second-order valence-corrected chi connectivity index (χ2v) is 10.7. The molecule has 0 saturated carbocycles. The molecule has 1 aliphatic heterocycles. The zero-order valence-electron chi connectivity index (χ0n) is 17.0. The number of methoxy groups -OCH3 is 2. The Morgan fingerprint density at radius 1 is 1.07 bits per heavy atom. The summed E-state index contributed by atoms with van der Waals surface area (Å²) in [6.07, 6.45) is 1.80. The molecule has 2 aromatic carbocycles. The van der Waals surface area contributed by atoms with E-state index < -0.39 is 20.0 Å². The number of ether oxygens (including phenoxy) is 2. The van der Waals surface area contributed by atoms with E-state index in [4.69, 9.17) is 9.47 Å². The second-order valence-electron chi connectivity index (χ2n) is 6.93. The summed E-state index contributed by atoms with van der Waals surface area (Å²) in [6.45, 7) is 0.502. The van der Waals surface area contributed by atoms with Gasteiger partial charge in [-0.05, 0) is 55.2 Å². The summed E-state index contributed by atoms with van der Waals surface area (Å²) in [5, 5.41) is 0. The first-order chi connectivity index (χ1) is 14.3. The number of rotatable bonds is 8. The molecule has 1 saturated heterocycles. The highest BCUT2D eigenvalue weighted by Crippen LogP contribution is 2.31. The van der Waals surface area contributed by atoms with Crippen LogP contribution >= 0.6 is 0 Å². The molecule has 0 unspecified atom stereocenters. The van der Waals surface area contributed by atoms with Gasteiger partial charge in [0.15, 0.2) is 0 Å². The van der Waals surface area contributed by atoms with Crippen LogP contribution in [0.15, 0.2) is 47.4 Å². The van der Waals surface area contributed by atoms with Crippen molar-refractivity contribution in [2.75, 3.05) is 37.4 Å². The molecule has 8 nitrogen and oxygen atoms in total. The van der Waals surface area contributed by atoms with Gasteiger partial charge in [-0.2, -0.15) is 0 Å². The first kappa shape index (κ1) is 22.4. The summed E-state index contributed by atoms with van der Waals surface area (Å²) in [4.78, 5) is -0.0890. The molecule has 0 radical (unpaired) electrons. The van der Waals surface area contributed by atoms with Crippen molar-refractivity contribution in [3.8, 4) is 11.5 Å². The predicted octanol–water partition coefficient (Wildman–Crippen LogP) is 2.15. The van der Waals surface area contributed by atoms with E-state index in [9.17, 15) is 16.8 Å². The van der Waals surface area contributed by atoms with Gasteiger partial charge >= 0.3 is 0 Å². The summed E-state index contributed by atoms with van der Waals surface area (Å²) >= 11 is 0. The maximum atomic E-state index is 12.9. The maximum Gasteiger partial charge on any atom is 0.244 e. The SMILES string of the molecule is COc1cccc(CCNS(=O)(=O)c2cc(N3CCCCS3(=O)=O)ccc2OC)c1. The van der Waals surface area contributed by atoms with Crippen LogP contribution in [0, 0.1) is 0 Å². The van der Waals surface area contributed by atoms with Gasteiger partial charge in [0.25, 0.3) is 0 Å². The maximum absolute atomic E-state index is 12.9. The fraction of sp³-hybridized carbons (Fsp3) is 0.400. The van der Waals surface area contributed by atoms with Crippen molar-refractivity contribution in [1.29, 1.82) is 0 Å². The normalized spacial score (nSPS) is 16.3. The van der Waals surface area contributed by atoms with Crippen molar-refractivity contribution >= 4 is 25.7 Å². The van der Waals surface area contributed by atoms with Crippen LogP contribution in [0.1, 0.15) is 18.4 Å². The number of sulfonamides is 2. The minimum atomic E-state index is -3.92. The van der Waals surface area contributed by atoms with Crippen molar-refractivity contribution < 1.29 is 26.3 Å². The molecule has 0 bridgehead atoms. The third-order valence-electron chi connectivity index (χ3n) is 4.91. The lowest BCUT2D eigenvalue weighted by Gasteiger charge is -2.28. The van der Waals surface area contributed by atoms with E-state index in [1.54, 1.807) is 13.2 Å². The van der Waals surface area contributed by atoms with Crippen LogP contribution in [-0.2, 0) is 26.5 Å². The van der Waals surface area contributed by atoms with Crippen LogP contribution in [-0.4, -0.2) is 49.9 Å². The Morgan fingerprint density at radius 2 is 1.87 bits per heavy atom. The van der Waals surface area contributed by atoms with Crippen molar-refractivity contribution in [3.05, 3.63) is 48.0 Å². The summed E-state index contributed by atoms with van der Waals surface area (Å²) in [5.74, 6) is 0.911. The highest BCUT2D eigenvalue weighted by atomic mass is 32.2. The van der Waals surface area contributed by atoms with E-state index >= 15 is 0 Å². The molecular weight excluding hydrogens is 428 g/mol. The summed E-state index contributed by atoms with van der Waals surface area (Å²) in [7, 11) is -4.42. The summed E-state index contributed by atoms with van der Waals surface area (Å²) in [5.41, 5.74) is 1.25. The summed E-state index contributed by atoms with van der Waals surface area (Å²) in [6, 6.07) is 11.8. The Hall–Kier alpha value is -2.30. The van der Waals surface area contributed by atoms with Crippen molar-refractivity contribution in [1.82, 2.24) is 4.72 Å². The number of benzene rings is 2. The Bertz CT molecular complexity index is 1100. The molecular formula is C20H26N2O6S2. The van der Waals surface area contributed by atoms with Crippen LogP contribution in [0.3, 0.4) is 0 Å². The van der Waals surface area contributed by atoms with E-state index in [2.05, 4.69) is 4.72 Å². The number of nitrogens with one attached hydrogen (secondary N) is 1. The molecule has 1 heterocycles. The Morgan fingerprint density at radius 3 is 2.57 bits per heavy atom. The second kappa shape index (κ2) is 9.23. The van der Waals surface area contributed by atoms with E-state index in [-0.39, 0.29) is 22.9 Å². The molecule has 10 heteroatoms. The van der Waals surface area contributed by atoms with Crippen LogP contribution in [0.4, 0.5) is 5.69 Å². The average Bonchev–Trinajstić information content (AvgIpc) is 2.73. The van der Waals surface area contributed by atoms with Crippen LogP contribution < -0.4 is 18.5 Å². The number of hydrogen-bond donors (Lipinski definition) is 1. The van der Waals surface area contributed by atoms with Gasteiger partial charge in [-0.25, -0.2) is 21.6 Å². The number of nitrogens with zero attached hydrogens (tertiary/aromatic N) is 1. The highest BCUT2D eigenvalue weighted by molar-refractivity contribution is 7.92. The third kappa shape index (κ3) is 5.05. The number of hydrogen-bond acceptors (Lipinski definition) is 6. The fourth-order valence-corrected chi connectivity index (χ4v) is 6.19. The average molecular weight is 455 g/mol. The molecule has 0 aromatic heterocycles. The molecule has 0 aliphatic carbocycles. The van der Waals surface area contributed by atoms with Crippen molar-refractivity contribution in [3.63, 3.8) is 0 Å². The monoisotopic (exact) mass is 454 g/mol. The molecule has 0 amide bonds. The molecule has 164 valence electrons. The quantitative estimate of drug-likeness (QED) is 0.656. The molecule has 30 heavy (non-hydrogen) atoms. The zero-order valence-corrected chi connectivity index (χ0v) is 18.6. The minimum Gasteiger partial charge on any atom is -0.497 e. The Kier molecular flexibility index (Phi) is 6.89.